The van der Waals surface area contributed by atoms with Crippen LogP contribution in [0.1, 0.15) is 25.3 Å². The second-order valence-electron chi connectivity index (χ2n) is 5.50. The van der Waals surface area contributed by atoms with Crippen LogP contribution in [-0.4, -0.2) is 28.8 Å². The molecule has 6 heteroatoms. The van der Waals surface area contributed by atoms with Crippen molar-refractivity contribution in [3.63, 3.8) is 0 Å². The van der Waals surface area contributed by atoms with Gasteiger partial charge in [0.15, 0.2) is 0 Å². The quantitative estimate of drug-likeness (QED) is 0.371. The number of nitrogens with zero attached hydrogens (tertiary/aromatic N) is 3. The Balaban J connectivity index is 2.20. The van der Waals surface area contributed by atoms with Crippen molar-refractivity contribution in [3.8, 4) is 6.07 Å². The first-order chi connectivity index (χ1) is 10.5. The highest BCUT2D eigenvalue weighted by molar-refractivity contribution is 6.01. The van der Waals surface area contributed by atoms with Gasteiger partial charge in [0.25, 0.3) is 11.6 Å². The maximum atomic E-state index is 12.4. The van der Waals surface area contributed by atoms with Crippen LogP contribution in [0.25, 0.3) is 6.08 Å². The summed E-state index contributed by atoms with van der Waals surface area (Å²) in [6.45, 7) is 3.44. The molecule has 0 bridgehead atoms. The summed E-state index contributed by atoms with van der Waals surface area (Å²) in [6.07, 6.45) is 3.27. The van der Waals surface area contributed by atoms with Crippen LogP contribution < -0.4 is 0 Å². The van der Waals surface area contributed by atoms with Gasteiger partial charge in [-0.15, -0.1) is 0 Å². The Kier molecular flexibility index (Phi) is 4.89. The third-order valence-electron chi connectivity index (χ3n) is 3.81. The van der Waals surface area contributed by atoms with Crippen LogP contribution in [0.2, 0.25) is 0 Å². The Morgan fingerprint density at radius 3 is 2.73 bits per heavy atom. The molecule has 0 saturated carbocycles. The van der Waals surface area contributed by atoms with E-state index in [1.807, 2.05) is 6.07 Å². The lowest BCUT2D eigenvalue weighted by atomic mass is 9.98. The predicted molar refractivity (Wildman–Crippen MR) is 81.7 cm³/mol. The van der Waals surface area contributed by atoms with Gasteiger partial charge in [-0.05, 0) is 30.4 Å². The summed E-state index contributed by atoms with van der Waals surface area (Å²) in [4.78, 5) is 24.3. The van der Waals surface area contributed by atoms with Gasteiger partial charge in [0, 0.05) is 25.2 Å². The summed E-state index contributed by atoms with van der Waals surface area (Å²) in [5.41, 5.74) is 0.421. The number of amides is 1. The molecule has 0 spiro atoms. The van der Waals surface area contributed by atoms with Crippen molar-refractivity contribution in [2.24, 2.45) is 5.92 Å². The first kappa shape index (κ1) is 15.7. The molecule has 114 valence electrons. The molecule has 0 aliphatic carbocycles. The van der Waals surface area contributed by atoms with E-state index in [1.54, 1.807) is 11.0 Å². The van der Waals surface area contributed by atoms with Crippen molar-refractivity contribution in [2.75, 3.05) is 13.1 Å². The van der Waals surface area contributed by atoms with E-state index in [4.69, 9.17) is 0 Å². The van der Waals surface area contributed by atoms with E-state index in [1.165, 1.54) is 24.3 Å². The molecular weight excluding hydrogens is 282 g/mol. The lowest BCUT2D eigenvalue weighted by Crippen LogP contribution is -2.38. The van der Waals surface area contributed by atoms with Gasteiger partial charge in [0.05, 0.1) is 4.92 Å². The average Bonchev–Trinajstić information content (AvgIpc) is 2.53. The molecular formula is C16H17N3O3. The Hall–Kier alpha value is -2.68. The Bertz CT molecular complexity index is 653. The normalized spacial score (nSPS) is 16.2. The van der Waals surface area contributed by atoms with Crippen LogP contribution in [0.3, 0.4) is 0 Å². The molecule has 2 rings (SSSR count). The summed E-state index contributed by atoms with van der Waals surface area (Å²) < 4.78 is 0. The molecule has 0 unspecified atom stereocenters. The largest absolute Gasteiger partial charge is 0.338 e. The molecule has 1 aromatic carbocycles. The molecule has 1 saturated heterocycles. The number of nitro groups is 1. The number of carbonyl (C=O) groups excluding carboxylic acids is 1. The third kappa shape index (κ3) is 3.70. The summed E-state index contributed by atoms with van der Waals surface area (Å²) in [6, 6.07) is 7.80. The van der Waals surface area contributed by atoms with Crippen LogP contribution in [0.15, 0.2) is 29.8 Å². The monoisotopic (exact) mass is 299 g/mol. The van der Waals surface area contributed by atoms with Crippen LogP contribution in [0.4, 0.5) is 5.69 Å². The third-order valence-corrected chi connectivity index (χ3v) is 3.81. The maximum absolute atomic E-state index is 12.4. The van der Waals surface area contributed by atoms with Gasteiger partial charge < -0.3 is 4.90 Å². The van der Waals surface area contributed by atoms with Crippen molar-refractivity contribution in [3.05, 3.63) is 45.5 Å². The van der Waals surface area contributed by atoms with E-state index in [9.17, 15) is 20.2 Å². The molecule has 1 aromatic rings. The van der Waals surface area contributed by atoms with Gasteiger partial charge in [-0.3, -0.25) is 14.9 Å². The maximum Gasteiger partial charge on any atom is 0.270 e. The minimum absolute atomic E-state index is 0.00931. The first-order valence-corrected chi connectivity index (χ1v) is 7.17. The highest BCUT2D eigenvalue weighted by atomic mass is 16.6. The van der Waals surface area contributed by atoms with E-state index < -0.39 is 4.92 Å². The number of nitro benzene ring substituents is 1. The zero-order valence-corrected chi connectivity index (χ0v) is 12.4. The zero-order chi connectivity index (χ0) is 16.1. The second kappa shape index (κ2) is 6.85. The van der Waals surface area contributed by atoms with Crippen LogP contribution in [-0.2, 0) is 4.79 Å². The van der Waals surface area contributed by atoms with Crippen LogP contribution >= 0.6 is 0 Å². The number of likely N-dealkylation sites (tertiary alicyclic amines) is 1. The summed E-state index contributed by atoms with van der Waals surface area (Å²) in [5.74, 6) is 0.288. The standard InChI is InChI=1S/C16H17N3O3/c1-12-5-7-18(8-6-12)16(20)14(11-17)9-13-3-2-4-15(10-13)19(21)22/h2-4,9-10,12H,5-8H2,1H3. The van der Waals surface area contributed by atoms with Crippen LogP contribution in [0.5, 0.6) is 0 Å². The van der Waals surface area contributed by atoms with Gasteiger partial charge in [0.1, 0.15) is 11.6 Å². The minimum atomic E-state index is -0.503. The van der Waals surface area contributed by atoms with Gasteiger partial charge >= 0.3 is 0 Å². The number of benzene rings is 1. The van der Waals surface area contributed by atoms with Crippen LogP contribution in [0, 0.1) is 27.4 Å². The molecule has 0 N–H and O–H groups in total. The molecule has 22 heavy (non-hydrogen) atoms. The summed E-state index contributed by atoms with van der Waals surface area (Å²) in [7, 11) is 0. The molecule has 1 amide bonds. The minimum Gasteiger partial charge on any atom is -0.338 e. The van der Waals surface area contributed by atoms with E-state index in [2.05, 4.69) is 6.92 Å². The Labute approximate surface area is 128 Å². The highest BCUT2D eigenvalue weighted by Crippen LogP contribution is 2.20. The van der Waals surface area contributed by atoms with Crippen molar-refractivity contribution in [1.82, 2.24) is 4.90 Å². The molecule has 6 nitrogen and oxygen atoms in total. The fourth-order valence-electron chi connectivity index (χ4n) is 2.42. The fraction of sp³-hybridized carbons (Fsp3) is 0.375. The number of hydrogen-bond donors (Lipinski definition) is 0. The number of piperidine rings is 1. The number of carbonyl (C=O) groups is 1. The van der Waals surface area contributed by atoms with Crippen molar-refractivity contribution < 1.29 is 9.72 Å². The smallest absolute Gasteiger partial charge is 0.270 e. The summed E-state index contributed by atoms with van der Waals surface area (Å²) in [5, 5.41) is 20.0. The summed E-state index contributed by atoms with van der Waals surface area (Å²) >= 11 is 0. The van der Waals surface area contributed by atoms with Gasteiger partial charge in [0.2, 0.25) is 0 Å². The van der Waals surface area contributed by atoms with Gasteiger partial charge in [-0.25, -0.2) is 0 Å². The average molecular weight is 299 g/mol. The molecule has 1 heterocycles. The molecule has 0 radical (unpaired) electrons. The van der Waals surface area contributed by atoms with Crippen molar-refractivity contribution in [1.29, 1.82) is 5.26 Å². The van der Waals surface area contributed by atoms with E-state index in [-0.39, 0.29) is 17.2 Å². The van der Waals surface area contributed by atoms with E-state index in [0.717, 1.165) is 12.8 Å². The number of rotatable bonds is 3. The fourth-order valence-corrected chi connectivity index (χ4v) is 2.42. The van der Waals surface area contributed by atoms with Crippen molar-refractivity contribution >= 4 is 17.7 Å². The predicted octanol–water partition coefficient (Wildman–Crippen LogP) is 2.76. The molecule has 0 aromatic heterocycles. The number of non-ortho nitro benzene ring substituents is 1. The second-order valence-corrected chi connectivity index (χ2v) is 5.50. The van der Waals surface area contributed by atoms with Gasteiger partial charge in [-0.2, -0.15) is 5.26 Å². The lowest BCUT2D eigenvalue weighted by Gasteiger charge is -2.30. The molecule has 1 aliphatic heterocycles. The Morgan fingerprint density at radius 1 is 1.45 bits per heavy atom. The van der Waals surface area contributed by atoms with Gasteiger partial charge in [-0.1, -0.05) is 19.1 Å². The molecule has 1 aliphatic rings. The molecule has 0 atom stereocenters. The first-order valence-electron chi connectivity index (χ1n) is 7.17. The molecule has 1 fully saturated rings. The van der Waals surface area contributed by atoms with E-state index in [0.29, 0.717) is 24.6 Å². The Morgan fingerprint density at radius 2 is 2.14 bits per heavy atom. The highest BCUT2D eigenvalue weighted by Gasteiger charge is 2.23. The van der Waals surface area contributed by atoms with Crippen molar-refractivity contribution in [2.45, 2.75) is 19.8 Å². The number of nitriles is 1. The zero-order valence-electron chi connectivity index (χ0n) is 12.4. The number of hydrogen-bond acceptors (Lipinski definition) is 4. The SMILES string of the molecule is CC1CCN(C(=O)C(C#N)=Cc2cccc([N+](=O)[O-])c2)CC1. The lowest BCUT2D eigenvalue weighted by molar-refractivity contribution is -0.384. The van der Waals surface area contributed by atoms with E-state index >= 15 is 0 Å². The topological polar surface area (TPSA) is 87.2 Å².